The quantitative estimate of drug-likeness (QED) is 0.339. The minimum atomic E-state index is -0.263. The standard InChI is InChI=1S/C16H20N4O2/c17-9-13-3-1-2-4-14(13)22-15(21)12-7-5-11(6-8-12)10-20-16(18)19/h1-4,11-12H,5-8,10H2,(H4,18,19,20)/t11-,12-. The molecular formula is C16H20N4O2. The molecule has 4 N–H and O–H groups in total. The number of para-hydroxylation sites is 1. The van der Waals surface area contributed by atoms with Crippen molar-refractivity contribution in [2.75, 3.05) is 6.54 Å². The Labute approximate surface area is 129 Å². The lowest BCUT2D eigenvalue weighted by molar-refractivity contribution is -0.140. The van der Waals surface area contributed by atoms with Gasteiger partial charge in [-0.1, -0.05) is 12.1 Å². The molecule has 6 nitrogen and oxygen atoms in total. The van der Waals surface area contributed by atoms with Gasteiger partial charge in [-0.05, 0) is 43.7 Å². The molecule has 0 saturated heterocycles. The number of nitrogens with zero attached hydrogens (tertiary/aromatic N) is 1. The SMILES string of the molecule is N#Cc1ccccc1OC(=O)[C@H]1CC[C@H](CNC(=N)N)CC1. The molecule has 0 radical (unpaired) electrons. The van der Waals surface area contributed by atoms with Gasteiger partial charge in [-0.25, -0.2) is 0 Å². The second-order valence-electron chi connectivity index (χ2n) is 5.54. The van der Waals surface area contributed by atoms with Gasteiger partial charge in [0.1, 0.15) is 11.8 Å². The highest BCUT2D eigenvalue weighted by molar-refractivity contribution is 5.76. The molecule has 1 saturated carbocycles. The number of carbonyl (C=O) groups excluding carboxylic acids is 1. The minimum Gasteiger partial charge on any atom is -0.425 e. The summed E-state index contributed by atoms with van der Waals surface area (Å²) in [5.41, 5.74) is 5.64. The second-order valence-corrected chi connectivity index (χ2v) is 5.54. The normalized spacial score (nSPS) is 20.7. The first-order valence-electron chi connectivity index (χ1n) is 7.39. The average molecular weight is 300 g/mol. The maximum Gasteiger partial charge on any atom is 0.314 e. The van der Waals surface area contributed by atoms with Crippen LogP contribution in [0.4, 0.5) is 0 Å². The topological polar surface area (TPSA) is 112 Å². The molecule has 1 aromatic carbocycles. The highest BCUT2D eigenvalue weighted by Crippen LogP contribution is 2.30. The van der Waals surface area contributed by atoms with Crippen LogP contribution < -0.4 is 15.8 Å². The van der Waals surface area contributed by atoms with Crippen LogP contribution in [0.3, 0.4) is 0 Å². The van der Waals surface area contributed by atoms with Crippen molar-refractivity contribution >= 4 is 11.9 Å². The van der Waals surface area contributed by atoms with E-state index in [1.807, 2.05) is 6.07 Å². The monoisotopic (exact) mass is 300 g/mol. The maximum atomic E-state index is 12.2. The van der Waals surface area contributed by atoms with Crippen LogP contribution in [0.1, 0.15) is 31.2 Å². The fourth-order valence-electron chi connectivity index (χ4n) is 2.70. The Morgan fingerprint density at radius 1 is 1.36 bits per heavy atom. The maximum absolute atomic E-state index is 12.2. The summed E-state index contributed by atoms with van der Waals surface area (Å²) in [6, 6.07) is 8.77. The number of carbonyl (C=O) groups is 1. The van der Waals surface area contributed by atoms with Crippen molar-refractivity contribution in [1.29, 1.82) is 10.7 Å². The summed E-state index contributed by atoms with van der Waals surface area (Å²) in [7, 11) is 0. The largest absolute Gasteiger partial charge is 0.425 e. The molecule has 1 fully saturated rings. The molecule has 22 heavy (non-hydrogen) atoms. The van der Waals surface area contributed by atoms with Gasteiger partial charge in [0.05, 0.1) is 11.5 Å². The zero-order chi connectivity index (χ0) is 15.9. The lowest BCUT2D eigenvalue weighted by Gasteiger charge is -2.27. The number of nitrogens with one attached hydrogen (secondary N) is 2. The number of ether oxygens (including phenoxy) is 1. The Hall–Kier alpha value is -2.55. The van der Waals surface area contributed by atoms with Crippen LogP contribution in [-0.4, -0.2) is 18.5 Å². The molecule has 0 heterocycles. The van der Waals surface area contributed by atoms with E-state index >= 15 is 0 Å². The zero-order valence-corrected chi connectivity index (χ0v) is 12.3. The zero-order valence-electron chi connectivity index (χ0n) is 12.3. The summed E-state index contributed by atoms with van der Waals surface area (Å²) in [6.45, 7) is 0.675. The molecular weight excluding hydrogens is 280 g/mol. The number of esters is 1. The number of hydrogen-bond donors (Lipinski definition) is 3. The van der Waals surface area contributed by atoms with E-state index in [-0.39, 0.29) is 17.8 Å². The van der Waals surface area contributed by atoms with Crippen molar-refractivity contribution in [2.45, 2.75) is 25.7 Å². The minimum absolute atomic E-state index is 0.0188. The molecule has 6 heteroatoms. The predicted octanol–water partition coefficient (Wildman–Crippen LogP) is 1.75. The van der Waals surface area contributed by atoms with Crippen molar-refractivity contribution in [2.24, 2.45) is 17.6 Å². The highest BCUT2D eigenvalue weighted by atomic mass is 16.5. The number of nitriles is 1. The first-order valence-corrected chi connectivity index (χ1v) is 7.39. The van der Waals surface area contributed by atoms with Gasteiger partial charge in [0.25, 0.3) is 0 Å². The van der Waals surface area contributed by atoms with Crippen molar-refractivity contribution in [3.63, 3.8) is 0 Å². The van der Waals surface area contributed by atoms with E-state index in [1.165, 1.54) is 0 Å². The summed E-state index contributed by atoms with van der Waals surface area (Å²) >= 11 is 0. The lowest BCUT2D eigenvalue weighted by Crippen LogP contribution is -2.36. The molecule has 0 bridgehead atoms. The van der Waals surface area contributed by atoms with Crippen molar-refractivity contribution in [1.82, 2.24) is 5.32 Å². The number of benzene rings is 1. The predicted molar refractivity (Wildman–Crippen MR) is 82.2 cm³/mol. The van der Waals surface area contributed by atoms with Crippen molar-refractivity contribution in [3.05, 3.63) is 29.8 Å². The van der Waals surface area contributed by atoms with E-state index in [2.05, 4.69) is 5.32 Å². The highest BCUT2D eigenvalue weighted by Gasteiger charge is 2.28. The Morgan fingerprint density at radius 2 is 2.05 bits per heavy atom. The molecule has 1 aliphatic rings. The van der Waals surface area contributed by atoms with Crippen LogP contribution >= 0.6 is 0 Å². The lowest BCUT2D eigenvalue weighted by atomic mass is 9.82. The van der Waals surface area contributed by atoms with Gasteiger partial charge in [0, 0.05) is 6.54 Å². The molecule has 0 atom stereocenters. The molecule has 1 aromatic rings. The summed E-state index contributed by atoms with van der Waals surface area (Å²) in [5.74, 6) is 0.352. The summed E-state index contributed by atoms with van der Waals surface area (Å²) in [6.07, 6.45) is 3.33. The molecule has 0 spiro atoms. The fourth-order valence-corrected chi connectivity index (χ4v) is 2.70. The third-order valence-corrected chi connectivity index (χ3v) is 3.98. The number of nitrogens with two attached hydrogens (primary N) is 1. The van der Waals surface area contributed by atoms with E-state index in [0.717, 1.165) is 25.7 Å². The smallest absolute Gasteiger partial charge is 0.314 e. The van der Waals surface area contributed by atoms with Gasteiger partial charge in [-0.3, -0.25) is 10.2 Å². The Kier molecular flexibility index (Phi) is 5.37. The molecule has 1 aliphatic carbocycles. The van der Waals surface area contributed by atoms with Crippen LogP contribution in [0.15, 0.2) is 24.3 Å². The molecule has 2 rings (SSSR count). The number of guanidine groups is 1. The third kappa shape index (κ3) is 4.22. The molecule has 0 aromatic heterocycles. The van der Waals surface area contributed by atoms with Crippen LogP contribution in [0.25, 0.3) is 0 Å². The fraction of sp³-hybridized carbons (Fsp3) is 0.438. The second kappa shape index (κ2) is 7.46. The van der Waals surface area contributed by atoms with Crippen molar-refractivity contribution in [3.8, 4) is 11.8 Å². The molecule has 0 aliphatic heterocycles. The summed E-state index contributed by atoms with van der Waals surface area (Å²) < 4.78 is 5.38. The van der Waals surface area contributed by atoms with E-state index in [9.17, 15) is 4.79 Å². The average Bonchev–Trinajstić information content (AvgIpc) is 2.54. The molecule has 116 valence electrons. The van der Waals surface area contributed by atoms with Gasteiger partial charge in [-0.2, -0.15) is 5.26 Å². The Bertz CT molecular complexity index is 586. The van der Waals surface area contributed by atoms with Gasteiger partial charge >= 0.3 is 5.97 Å². The van der Waals surface area contributed by atoms with Gasteiger partial charge in [0.15, 0.2) is 5.96 Å². The van der Waals surface area contributed by atoms with Crippen LogP contribution in [-0.2, 0) is 4.79 Å². The number of hydrogen-bond acceptors (Lipinski definition) is 4. The summed E-state index contributed by atoms with van der Waals surface area (Å²) in [5, 5.41) is 19.0. The van der Waals surface area contributed by atoms with Crippen LogP contribution in [0.5, 0.6) is 5.75 Å². The van der Waals surface area contributed by atoms with Gasteiger partial charge in [-0.15, -0.1) is 0 Å². The third-order valence-electron chi connectivity index (χ3n) is 3.98. The van der Waals surface area contributed by atoms with E-state index in [1.54, 1.807) is 24.3 Å². The first-order chi connectivity index (χ1) is 10.6. The van der Waals surface area contributed by atoms with Crippen LogP contribution in [0.2, 0.25) is 0 Å². The van der Waals surface area contributed by atoms with Gasteiger partial charge < -0.3 is 15.8 Å². The Balaban J connectivity index is 1.85. The summed E-state index contributed by atoms with van der Waals surface area (Å²) in [4.78, 5) is 12.2. The first kappa shape index (κ1) is 15.8. The van der Waals surface area contributed by atoms with E-state index in [0.29, 0.717) is 23.8 Å². The van der Waals surface area contributed by atoms with E-state index < -0.39 is 0 Å². The van der Waals surface area contributed by atoms with E-state index in [4.69, 9.17) is 21.1 Å². The van der Waals surface area contributed by atoms with Gasteiger partial charge in [0.2, 0.25) is 0 Å². The molecule has 0 amide bonds. The number of rotatable bonds is 4. The van der Waals surface area contributed by atoms with Crippen LogP contribution in [0, 0.1) is 28.6 Å². The Morgan fingerprint density at radius 3 is 2.68 bits per heavy atom. The molecule has 0 unspecified atom stereocenters. The van der Waals surface area contributed by atoms with Crippen molar-refractivity contribution < 1.29 is 9.53 Å².